The highest BCUT2D eigenvalue weighted by Gasteiger charge is 2.23. The summed E-state index contributed by atoms with van der Waals surface area (Å²) < 4.78 is 31.9. The number of aromatic carboxylic acids is 1. The van der Waals surface area contributed by atoms with Gasteiger partial charge in [0.2, 0.25) is 10.0 Å². The normalized spacial score (nSPS) is 11.5. The Kier molecular flexibility index (Phi) is 5.58. The van der Waals surface area contributed by atoms with Gasteiger partial charge in [0.1, 0.15) is 5.75 Å². The molecule has 0 atom stereocenters. The van der Waals surface area contributed by atoms with Gasteiger partial charge in [0, 0.05) is 13.1 Å². The number of hydrogen-bond donors (Lipinski definition) is 1. The molecule has 24 heavy (non-hydrogen) atoms. The van der Waals surface area contributed by atoms with E-state index in [-0.39, 0.29) is 17.0 Å². The van der Waals surface area contributed by atoms with Gasteiger partial charge in [-0.05, 0) is 42.0 Å². The molecule has 0 aromatic heterocycles. The van der Waals surface area contributed by atoms with E-state index in [4.69, 9.17) is 9.84 Å². The van der Waals surface area contributed by atoms with Crippen LogP contribution in [-0.4, -0.2) is 37.5 Å². The maximum absolute atomic E-state index is 12.7. The average Bonchev–Trinajstić information content (AvgIpc) is 2.60. The molecule has 0 spiro atoms. The van der Waals surface area contributed by atoms with E-state index in [2.05, 4.69) is 0 Å². The first-order chi connectivity index (χ1) is 11.4. The lowest BCUT2D eigenvalue weighted by atomic mass is 10.2. The Morgan fingerprint density at radius 3 is 2.12 bits per heavy atom. The van der Waals surface area contributed by atoms with E-state index in [1.807, 2.05) is 12.1 Å². The zero-order valence-electron chi connectivity index (χ0n) is 13.5. The Balaban J connectivity index is 2.24. The standard InChI is InChI=1S/C17H19NO5S/c1-3-18(12-13-4-8-15(23-2)9-5-13)24(21,22)16-10-6-14(7-11-16)17(19)20/h4-11H,3,12H2,1-2H3,(H,19,20). The zero-order chi connectivity index (χ0) is 17.7. The van der Waals surface area contributed by atoms with Crippen molar-refractivity contribution in [2.75, 3.05) is 13.7 Å². The maximum Gasteiger partial charge on any atom is 0.335 e. The van der Waals surface area contributed by atoms with Gasteiger partial charge in [0.25, 0.3) is 0 Å². The van der Waals surface area contributed by atoms with Gasteiger partial charge in [-0.3, -0.25) is 0 Å². The zero-order valence-corrected chi connectivity index (χ0v) is 14.3. The van der Waals surface area contributed by atoms with Crippen LogP contribution in [0.3, 0.4) is 0 Å². The van der Waals surface area contributed by atoms with Crippen molar-refractivity contribution in [3.05, 3.63) is 59.7 Å². The smallest absolute Gasteiger partial charge is 0.335 e. The molecule has 0 heterocycles. The molecule has 7 heteroatoms. The van der Waals surface area contributed by atoms with Crippen LogP contribution in [0.4, 0.5) is 0 Å². The second-order valence-corrected chi connectivity index (χ2v) is 7.05. The molecule has 2 aromatic carbocycles. The summed E-state index contributed by atoms with van der Waals surface area (Å²) >= 11 is 0. The van der Waals surface area contributed by atoms with E-state index in [1.54, 1.807) is 26.2 Å². The second-order valence-electron chi connectivity index (χ2n) is 5.11. The molecule has 2 rings (SSSR count). The van der Waals surface area contributed by atoms with E-state index >= 15 is 0 Å². The summed E-state index contributed by atoms with van der Waals surface area (Å²) in [6.45, 7) is 2.28. The van der Waals surface area contributed by atoms with Gasteiger partial charge in [0.15, 0.2) is 0 Å². The molecular formula is C17H19NO5S. The van der Waals surface area contributed by atoms with Crippen molar-refractivity contribution in [3.8, 4) is 5.75 Å². The van der Waals surface area contributed by atoms with Gasteiger partial charge in [-0.25, -0.2) is 13.2 Å². The SMILES string of the molecule is CCN(Cc1ccc(OC)cc1)S(=O)(=O)c1ccc(C(=O)O)cc1. The minimum absolute atomic E-state index is 0.0483. The summed E-state index contributed by atoms with van der Waals surface area (Å²) in [5.41, 5.74) is 0.885. The third-order valence-electron chi connectivity index (χ3n) is 3.61. The Labute approximate surface area is 141 Å². The van der Waals surface area contributed by atoms with Crippen molar-refractivity contribution in [3.63, 3.8) is 0 Å². The number of rotatable bonds is 7. The van der Waals surface area contributed by atoms with Crippen LogP contribution in [0, 0.1) is 0 Å². The maximum atomic E-state index is 12.7. The van der Waals surface area contributed by atoms with Gasteiger partial charge in [-0.15, -0.1) is 0 Å². The van der Waals surface area contributed by atoms with Gasteiger partial charge >= 0.3 is 5.97 Å². The lowest BCUT2D eigenvalue weighted by Crippen LogP contribution is -2.30. The number of carboxylic acid groups (broad SMARTS) is 1. The number of methoxy groups -OCH3 is 1. The first-order valence-corrected chi connectivity index (χ1v) is 8.79. The van der Waals surface area contributed by atoms with E-state index in [0.29, 0.717) is 12.3 Å². The predicted molar refractivity (Wildman–Crippen MR) is 89.7 cm³/mol. The summed E-state index contributed by atoms with van der Waals surface area (Å²) in [6, 6.07) is 12.4. The highest BCUT2D eigenvalue weighted by atomic mass is 32.2. The predicted octanol–water partition coefficient (Wildman–Crippen LogP) is 2.60. The average molecular weight is 349 g/mol. The lowest BCUT2D eigenvalue weighted by Gasteiger charge is -2.21. The van der Waals surface area contributed by atoms with E-state index in [0.717, 1.165) is 5.56 Å². The molecule has 0 saturated heterocycles. The van der Waals surface area contributed by atoms with Crippen molar-refractivity contribution in [2.45, 2.75) is 18.4 Å². The molecule has 128 valence electrons. The second kappa shape index (κ2) is 7.46. The molecule has 0 saturated carbocycles. The van der Waals surface area contributed by atoms with Crippen molar-refractivity contribution >= 4 is 16.0 Å². The van der Waals surface area contributed by atoms with Gasteiger partial charge < -0.3 is 9.84 Å². The van der Waals surface area contributed by atoms with E-state index in [1.165, 1.54) is 28.6 Å². The highest BCUT2D eigenvalue weighted by Crippen LogP contribution is 2.20. The minimum atomic E-state index is -3.70. The largest absolute Gasteiger partial charge is 0.497 e. The summed E-state index contributed by atoms with van der Waals surface area (Å²) in [5, 5.41) is 8.90. The number of sulfonamides is 1. The summed E-state index contributed by atoms with van der Waals surface area (Å²) in [6.07, 6.45) is 0. The molecule has 0 amide bonds. The monoisotopic (exact) mass is 349 g/mol. The van der Waals surface area contributed by atoms with Crippen LogP contribution in [0.1, 0.15) is 22.8 Å². The van der Waals surface area contributed by atoms with Crippen LogP contribution < -0.4 is 4.74 Å². The van der Waals surface area contributed by atoms with E-state index < -0.39 is 16.0 Å². The quantitative estimate of drug-likeness (QED) is 0.831. The fourth-order valence-corrected chi connectivity index (χ4v) is 3.66. The first-order valence-electron chi connectivity index (χ1n) is 7.35. The summed E-state index contributed by atoms with van der Waals surface area (Å²) in [7, 11) is -2.13. The molecule has 1 N–H and O–H groups in total. The molecule has 2 aromatic rings. The molecule has 0 bridgehead atoms. The number of hydrogen-bond acceptors (Lipinski definition) is 4. The number of benzene rings is 2. The van der Waals surface area contributed by atoms with Crippen LogP contribution >= 0.6 is 0 Å². The first kappa shape index (κ1) is 18.0. The number of carbonyl (C=O) groups is 1. The lowest BCUT2D eigenvalue weighted by molar-refractivity contribution is 0.0696. The van der Waals surface area contributed by atoms with Crippen molar-refractivity contribution in [2.24, 2.45) is 0 Å². The highest BCUT2D eigenvalue weighted by molar-refractivity contribution is 7.89. The van der Waals surface area contributed by atoms with Crippen LogP contribution in [0.5, 0.6) is 5.75 Å². The fraction of sp³-hybridized carbons (Fsp3) is 0.235. The van der Waals surface area contributed by atoms with Crippen LogP contribution in [0.15, 0.2) is 53.4 Å². The molecular weight excluding hydrogens is 330 g/mol. The molecule has 0 aliphatic carbocycles. The van der Waals surface area contributed by atoms with E-state index in [9.17, 15) is 13.2 Å². The summed E-state index contributed by atoms with van der Waals surface area (Å²) in [4.78, 5) is 10.9. The molecule has 0 aliphatic heterocycles. The van der Waals surface area contributed by atoms with Gasteiger partial charge in [-0.2, -0.15) is 4.31 Å². The van der Waals surface area contributed by atoms with Crippen LogP contribution in [-0.2, 0) is 16.6 Å². The third kappa shape index (κ3) is 3.93. The molecule has 6 nitrogen and oxygen atoms in total. The van der Waals surface area contributed by atoms with Gasteiger partial charge in [0.05, 0.1) is 17.6 Å². The van der Waals surface area contributed by atoms with Crippen molar-refractivity contribution in [1.82, 2.24) is 4.31 Å². The molecule has 0 radical (unpaired) electrons. The third-order valence-corrected chi connectivity index (χ3v) is 5.54. The Bertz CT molecular complexity index is 798. The fourth-order valence-electron chi connectivity index (χ4n) is 2.22. The molecule has 0 aliphatic rings. The molecule has 0 unspecified atom stereocenters. The van der Waals surface area contributed by atoms with Crippen molar-refractivity contribution in [1.29, 1.82) is 0 Å². The van der Waals surface area contributed by atoms with Crippen molar-refractivity contribution < 1.29 is 23.1 Å². The Morgan fingerprint density at radius 2 is 1.67 bits per heavy atom. The topological polar surface area (TPSA) is 83.9 Å². The van der Waals surface area contributed by atoms with Gasteiger partial charge in [-0.1, -0.05) is 19.1 Å². The minimum Gasteiger partial charge on any atom is -0.497 e. The molecule has 0 fully saturated rings. The van der Waals surface area contributed by atoms with Crippen LogP contribution in [0.25, 0.3) is 0 Å². The number of ether oxygens (including phenoxy) is 1. The Morgan fingerprint density at radius 1 is 1.08 bits per heavy atom. The number of nitrogens with zero attached hydrogens (tertiary/aromatic N) is 1. The summed E-state index contributed by atoms with van der Waals surface area (Å²) in [5.74, 6) is -0.390. The number of carboxylic acids is 1. The van der Waals surface area contributed by atoms with Crippen LogP contribution in [0.2, 0.25) is 0 Å². The Hall–Kier alpha value is -2.38.